The maximum atomic E-state index is 12.7. The van der Waals surface area contributed by atoms with Crippen LogP contribution in [0.3, 0.4) is 0 Å². The minimum atomic E-state index is -0.262. The molecule has 0 fully saturated rings. The number of rotatable bonds is 4. The monoisotopic (exact) mass is 231 g/mol. The van der Waals surface area contributed by atoms with Crippen LogP contribution in [0.4, 0.5) is 4.39 Å². The average Bonchev–Trinajstić information content (AvgIpc) is 2.38. The van der Waals surface area contributed by atoms with Crippen molar-refractivity contribution in [2.45, 2.75) is 13.2 Å². The average molecular weight is 231 g/mol. The minimum absolute atomic E-state index is 0.262. The molecule has 0 aliphatic carbocycles. The molecule has 0 aromatic heterocycles. The molecule has 0 atom stereocenters. The van der Waals surface area contributed by atoms with Crippen LogP contribution in [0.1, 0.15) is 11.1 Å². The first-order valence-electron chi connectivity index (χ1n) is 5.44. The van der Waals surface area contributed by atoms with E-state index in [-0.39, 0.29) is 5.82 Å². The molecule has 0 heterocycles. The fourth-order valence-corrected chi connectivity index (χ4v) is 1.54. The third-order valence-electron chi connectivity index (χ3n) is 2.45. The molecule has 88 valence electrons. The van der Waals surface area contributed by atoms with Gasteiger partial charge in [-0.25, -0.2) is 4.39 Å². The van der Waals surface area contributed by atoms with Crippen molar-refractivity contribution in [3.05, 3.63) is 65.5 Å². The van der Waals surface area contributed by atoms with E-state index >= 15 is 0 Å². The summed E-state index contributed by atoms with van der Waals surface area (Å²) >= 11 is 0. The summed E-state index contributed by atoms with van der Waals surface area (Å²) in [5, 5.41) is 0. The van der Waals surface area contributed by atoms with Gasteiger partial charge < -0.3 is 10.5 Å². The molecular formula is C14H14FNO. The molecule has 0 bridgehead atoms. The second-order valence-electron chi connectivity index (χ2n) is 3.77. The van der Waals surface area contributed by atoms with E-state index in [9.17, 15) is 4.39 Å². The number of ether oxygens (including phenoxy) is 1. The Bertz CT molecular complexity index is 482. The van der Waals surface area contributed by atoms with Crippen LogP contribution < -0.4 is 10.5 Å². The summed E-state index contributed by atoms with van der Waals surface area (Å²) in [6.45, 7) is 0.976. The molecule has 17 heavy (non-hydrogen) atoms. The normalized spacial score (nSPS) is 10.2. The Balaban J connectivity index is 1.99. The Morgan fingerprint density at radius 2 is 1.71 bits per heavy atom. The lowest BCUT2D eigenvalue weighted by Crippen LogP contribution is -1.99. The maximum absolute atomic E-state index is 12.7. The summed E-state index contributed by atoms with van der Waals surface area (Å²) in [7, 11) is 0. The molecule has 0 aliphatic rings. The van der Waals surface area contributed by atoms with Crippen molar-refractivity contribution >= 4 is 0 Å². The van der Waals surface area contributed by atoms with Crippen molar-refractivity contribution in [1.29, 1.82) is 0 Å². The van der Waals surface area contributed by atoms with Gasteiger partial charge >= 0.3 is 0 Å². The quantitative estimate of drug-likeness (QED) is 0.878. The van der Waals surface area contributed by atoms with Crippen molar-refractivity contribution in [1.82, 2.24) is 0 Å². The van der Waals surface area contributed by atoms with Crippen LogP contribution >= 0.6 is 0 Å². The van der Waals surface area contributed by atoms with E-state index in [1.54, 1.807) is 12.1 Å². The highest BCUT2D eigenvalue weighted by Crippen LogP contribution is 2.14. The van der Waals surface area contributed by atoms with Crippen molar-refractivity contribution in [2.24, 2.45) is 5.73 Å². The van der Waals surface area contributed by atoms with E-state index in [0.29, 0.717) is 18.9 Å². The van der Waals surface area contributed by atoms with Gasteiger partial charge in [-0.1, -0.05) is 24.3 Å². The predicted molar refractivity (Wildman–Crippen MR) is 65.1 cm³/mol. The highest BCUT2D eigenvalue weighted by atomic mass is 19.1. The Morgan fingerprint density at radius 1 is 1.00 bits per heavy atom. The van der Waals surface area contributed by atoms with E-state index in [0.717, 1.165) is 11.1 Å². The van der Waals surface area contributed by atoms with Crippen LogP contribution in [0, 0.1) is 5.82 Å². The predicted octanol–water partition coefficient (Wildman–Crippen LogP) is 2.86. The van der Waals surface area contributed by atoms with Gasteiger partial charge in [-0.3, -0.25) is 0 Å². The number of halogens is 1. The van der Waals surface area contributed by atoms with Crippen LogP contribution in [-0.2, 0) is 13.2 Å². The first-order valence-corrected chi connectivity index (χ1v) is 5.44. The summed E-state index contributed by atoms with van der Waals surface area (Å²) in [6.07, 6.45) is 0. The number of benzene rings is 2. The van der Waals surface area contributed by atoms with Crippen LogP contribution in [0.25, 0.3) is 0 Å². The molecule has 0 aliphatic heterocycles. The fourth-order valence-electron chi connectivity index (χ4n) is 1.54. The van der Waals surface area contributed by atoms with Crippen molar-refractivity contribution in [3.63, 3.8) is 0 Å². The lowest BCUT2D eigenvalue weighted by molar-refractivity contribution is 0.305. The van der Waals surface area contributed by atoms with Crippen molar-refractivity contribution < 1.29 is 9.13 Å². The molecule has 0 saturated heterocycles. The summed E-state index contributed by atoms with van der Waals surface area (Å²) in [5.41, 5.74) is 7.69. The lowest BCUT2D eigenvalue weighted by atomic mass is 10.1. The standard InChI is InChI=1S/C14H14FNO/c15-13-4-6-14(7-5-13)17-10-12-3-1-2-11(8-12)9-16/h1-8H,9-10,16H2. The molecule has 0 radical (unpaired) electrons. The van der Waals surface area contributed by atoms with Crippen molar-refractivity contribution in [3.8, 4) is 5.75 Å². The third-order valence-corrected chi connectivity index (χ3v) is 2.45. The lowest BCUT2D eigenvalue weighted by Gasteiger charge is -2.07. The summed E-state index contributed by atoms with van der Waals surface area (Å²) in [6, 6.07) is 13.9. The van der Waals surface area contributed by atoms with Crippen molar-refractivity contribution in [2.75, 3.05) is 0 Å². The van der Waals surface area contributed by atoms with Gasteiger partial charge in [-0.05, 0) is 35.4 Å². The smallest absolute Gasteiger partial charge is 0.123 e. The van der Waals surface area contributed by atoms with E-state index in [1.165, 1.54) is 12.1 Å². The third kappa shape index (κ3) is 3.29. The zero-order chi connectivity index (χ0) is 12.1. The largest absolute Gasteiger partial charge is 0.489 e. The molecular weight excluding hydrogens is 217 g/mol. The van der Waals surface area contributed by atoms with E-state index < -0.39 is 0 Å². The molecule has 2 aromatic carbocycles. The summed E-state index contributed by atoms with van der Waals surface area (Å²) in [4.78, 5) is 0. The van der Waals surface area contributed by atoms with Crippen LogP contribution in [0.2, 0.25) is 0 Å². The zero-order valence-electron chi connectivity index (χ0n) is 9.40. The molecule has 2 aromatic rings. The van der Waals surface area contributed by atoms with Crippen LogP contribution in [-0.4, -0.2) is 0 Å². The number of nitrogens with two attached hydrogens (primary N) is 1. The first-order chi connectivity index (χ1) is 8.28. The van der Waals surface area contributed by atoms with E-state index in [2.05, 4.69) is 0 Å². The highest BCUT2D eigenvalue weighted by molar-refractivity contribution is 5.25. The summed E-state index contributed by atoms with van der Waals surface area (Å²) in [5.74, 6) is 0.395. The SMILES string of the molecule is NCc1cccc(COc2ccc(F)cc2)c1. The second-order valence-corrected chi connectivity index (χ2v) is 3.77. The van der Waals surface area contributed by atoms with E-state index in [1.807, 2.05) is 24.3 Å². The molecule has 3 heteroatoms. The Hall–Kier alpha value is -1.87. The molecule has 2 nitrogen and oxygen atoms in total. The van der Waals surface area contributed by atoms with Crippen LogP contribution in [0.5, 0.6) is 5.75 Å². The zero-order valence-corrected chi connectivity index (χ0v) is 9.40. The second kappa shape index (κ2) is 5.46. The van der Waals surface area contributed by atoms with Crippen LogP contribution in [0.15, 0.2) is 48.5 Å². The number of hydrogen-bond acceptors (Lipinski definition) is 2. The topological polar surface area (TPSA) is 35.2 Å². The maximum Gasteiger partial charge on any atom is 0.123 e. The number of hydrogen-bond donors (Lipinski definition) is 1. The van der Waals surface area contributed by atoms with Gasteiger partial charge in [0.05, 0.1) is 0 Å². The first kappa shape index (κ1) is 11.6. The van der Waals surface area contributed by atoms with Gasteiger partial charge in [0.1, 0.15) is 18.2 Å². The van der Waals surface area contributed by atoms with Gasteiger partial charge in [0, 0.05) is 6.54 Å². The molecule has 0 unspecified atom stereocenters. The molecule has 0 amide bonds. The molecule has 2 rings (SSSR count). The Labute approximate surface area is 99.8 Å². The van der Waals surface area contributed by atoms with Gasteiger partial charge in [0.25, 0.3) is 0 Å². The molecule has 0 spiro atoms. The highest BCUT2D eigenvalue weighted by Gasteiger charge is 1.97. The molecule has 2 N–H and O–H groups in total. The van der Waals surface area contributed by atoms with Gasteiger partial charge in [0.15, 0.2) is 0 Å². The van der Waals surface area contributed by atoms with Gasteiger partial charge in [0.2, 0.25) is 0 Å². The van der Waals surface area contributed by atoms with Gasteiger partial charge in [-0.15, -0.1) is 0 Å². The fraction of sp³-hybridized carbons (Fsp3) is 0.143. The van der Waals surface area contributed by atoms with Gasteiger partial charge in [-0.2, -0.15) is 0 Å². The summed E-state index contributed by atoms with van der Waals surface area (Å²) < 4.78 is 18.2. The Morgan fingerprint density at radius 3 is 2.41 bits per heavy atom. The Kier molecular flexibility index (Phi) is 3.73. The minimum Gasteiger partial charge on any atom is -0.489 e. The van der Waals surface area contributed by atoms with E-state index in [4.69, 9.17) is 10.5 Å². The molecule has 0 saturated carbocycles.